The van der Waals surface area contributed by atoms with Crippen LogP contribution in [0, 0.1) is 215 Å². The normalized spacial score (nSPS) is 12.5. The lowest BCUT2D eigenvalue weighted by molar-refractivity contribution is 1.04. The Morgan fingerprint density at radius 1 is 0.162 bits per heavy atom. The van der Waals surface area contributed by atoms with Crippen LogP contribution in [0.15, 0.2) is 195 Å². The Kier molecular flexibility index (Phi) is 28.2. The largest absolute Gasteiger partial charge is 0.260 e. The maximum atomic E-state index is 4.76. The van der Waals surface area contributed by atoms with Crippen molar-refractivity contribution >= 4 is 0 Å². The molecule has 0 fully saturated rings. The molecular weight excluding hydrogens is 1800 g/mol. The molecule has 0 aliphatic heterocycles. The van der Waals surface area contributed by atoms with Crippen molar-refractivity contribution in [2.75, 3.05) is 0 Å². The van der Waals surface area contributed by atoms with E-state index in [0.29, 0.717) is 0 Å². The average molecular weight is 1940 g/mol. The molecule has 0 radical (unpaired) electrons. The molecule has 0 unspecified atom stereocenters. The summed E-state index contributed by atoms with van der Waals surface area (Å²) in [5, 5.41) is 0. The Balaban J connectivity index is 0.000000105. The average Bonchev–Trinajstić information content (AvgIpc) is 1.59. The maximum absolute atomic E-state index is 4.76. The van der Waals surface area contributed by atoms with Crippen LogP contribution in [0.25, 0.3) is 101 Å². The molecule has 744 valence electrons. The molecule has 9 aliphatic rings. The minimum atomic E-state index is 0.999. The van der Waals surface area contributed by atoms with Gasteiger partial charge in [-0.2, -0.15) is 0 Å². The Labute approximate surface area is 880 Å². The highest BCUT2D eigenvalue weighted by Crippen LogP contribution is 2.49. The van der Waals surface area contributed by atoms with E-state index in [-0.39, 0.29) is 0 Å². The number of hydrogen-bond donors (Lipinski definition) is 0. The zero-order chi connectivity index (χ0) is 105. The molecule has 9 heteroatoms. The van der Waals surface area contributed by atoms with Crippen molar-refractivity contribution < 1.29 is 0 Å². The van der Waals surface area contributed by atoms with Gasteiger partial charge in [-0.25, -0.2) is 0 Å². The smallest absolute Gasteiger partial charge is 0.0746 e. The minimum absolute atomic E-state index is 0.999. The lowest BCUT2D eigenvalue weighted by atomic mass is 9.93. The SMILES string of the molecule is Cc1cc(C)c2c(n1)Cc1c-2ccc(C)c1C.Cc1cc2c(nc1C)Cc1c-2ccc(C)c1C.Cc1ccc2c(c1)-c1ncc(C)c(C)c1C2.Cc1ccc2c(c1C)Cc1ncc(C)c(C)c1-2.Cc1ccc2c(n1)Cc1c(C)c(C)cc(C)c1-2.Cc1cnc2c(c1)-c1c(C)cc(C)c(C)c1C2.Cc1cnc2c(c1C)Cc1cccc(C)c1-2.Cc1cnc2c(c1C)Cc1ccccc1-2.Cc1nc2c(c(C)c1C)Cc1ccccc1-2. The predicted octanol–water partition coefficient (Wildman–Crippen LogP) is 33.4. The Bertz CT molecular complexity index is 8530. The molecule has 27 rings (SSSR count). The van der Waals surface area contributed by atoms with Crippen LogP contribution in [-0.4, -0.2) is 44.9 Å². The van der Waals surface area contributed by atoms with Crippen LogP contribution in [0.4, 0.5) is 0 Å². The summed E-state index contributed by atoms with van der Waals surface area (Å²) < 4.78 is 0. The Morgan fingerprint density at radius 2 is 0.581 bits per heavy atom. The molecule has 148 heavy (non-hydrogen) atoms. The molecule has 0 spiro atoms. The summed E-state index contributed by atoms with van der Waals surface area (Å²) in [6.45, 7) is 67.3. The summed E-state index contributed by atoms with van der Waals surface area (Å²) in [5.74, 6) is 0. The van der Waals surface area contributed by atoms with Gasteiger partial charge in [-0.15, -0.1) is 0 Å². The molecule has 0 bridgehead atoms. The van der Waals surface area contributed by atoms with E-state index >= 15 is 0 Å². The molecule has 18 aromatic rings. The van der Waals surface area contributed by atoms with E-state index in [1.165, 1.54) is 352 Å². The number of nitrogens with zero attached hydrogens (tertiary/aromatic N) is 9. The predicted molar refractivity (Wildman–Crippen MR) is 619 cm³/mol. The molecule has 0 atom stereocenters. The summed E-state index contributed by atoms with van der Waals surface area (Å²) in [4.78, 5) is 41.8. The molecule has 9 heterocycles. The van der Waals surface area contributed by atoms with E-state index in [1.807, 2.05) is 31.0 Å². The van der Waals surface area contributed by atoms with Gasteiger partial charge in [-0.1, -0.05) is 139 Å². The quantitative estimate of drug-likeness (QED) is 0.146. The van der Waals surface area contributed by atoms with Gasteiger partial charge in [0.05, 0.1) is 51.2 Å². The van der Waals surface area contributed by atoms with E-state index < -0.39 is 0 Å². The Hall–Kier alpha value is -14.7. The van der Waals surface area contributed by atoms with Gasteiger partial charge in [0, 0.05) is 162 Å². The summed E-state index contributed by atoms with van der Waals surface area (Å²) >= 11 is 0. The highest BCUT2D eigenvalue weighted by atomic mass is 14.8. The minimum Gasteiger partial charge on any atom is -0.260 e. The van der Waals surface area contributed by atoms with E-state index in [1.54, 1.807) is 0 Å². The zero-order valence-corrected chi connectivity index (χ0v) is 93.4. The van der Waals surface area contributed by atoms with Gasteiger partial charge in [0.25, 0.3) is 0 Å². The third kappa shape index (κ3) is 18.9. The van der Waals surface area contributed by atoms with Crippen molar-refractivity contribution in [2.24, 2.45) is 0 Å². The van der Waals surface area contributed by atoms with Crippen molar-refractivity contribution in [3.63, 3.8) is 0 Å². The van der Waals surface area contributed by atoms with Gasteiger partial charge in [0.15, 0.2) is 0 Å². The van der Waals surface area contributed by atoms with Gasteiger partial charge < -0.3 is 0 Å². The second-order valence-corrected chi connectivity index (χ2v) is 43.8. The monoisotopic (exact) mass is 1940 g/mol. The standard InChI is InChI=1S/5C16H17N.3C15H15N.C14H13N/c1-9-5-14-15(17-8-9)7-13-12(4)10(2)6-11(3)16(13)14;1-9-7-10(2)16-13-6-5-11(3)17-15(13)8-14(16)12(9)4;1-9-5-6-13-14(11(9)3)7-15-16(13)12(4)10(2)8-17-15;1-9-5-6-13-14(11(9)3)8-16-15(13)7-10(2)12(4)17-16;1-9-5-6-13-14(12(9)4)8-15-16(13)10(2)7-11(3)17-15;1-9-4-5-12-7-13-11(3)10(2)8-16-15(13)14(12)6-9;1-9-5-4-6-12-7-13-11(3)10(2)8-16-15(13)14(9)12;1-9-10(2)14-8-12-6-4-5-7-13(12)15(14)16-11(9)3;1-9-8-15-14-12-6-4-3-5-11(12)7-13(14)10(9)2/h5-6,8H,7H2,1-4H3;5-7H,8H2,1-4H3;5-6,8H,7H2,1-4H3;2*5-7H,8H2,1-4H3;2*4-6,8H,7H2,1-3H3;4-7H,8H2,1-3H3;3-6,8H,7H2,1-2H3. The number of benzene rings is 9. The zero-order valence-electron chi connectivity index (χ0n) is 93.4. The molecule has 0 N–H and O–H groups in total. The first-order valence-electron chi connectivity index (χ1n) is 53.2. The summed E-state index contributed by atoms with van der Waals surface area (Å²) in [7, 11) is 0. The maximum Gasteiger partial charge on any atom is 0.0746 e. The Morgan fingerprint density at radius 3 is 1.18 bits per heavy atom. The van der Waals surface area contributed by atoms with Crippen molar-refractivity contribution in [3.05, 3.63) is 469 Å². The van der Waals surface area contributed by atoms with Crippen LogP contribution in [0.3, 0.4) is 0 Å². The second-order valence-electron chi connectivity index (χ2n) is 43.8. The first-order valence-corrected chi connectivity index (χ1v) is 53.2. The van der Waals surface area contributed by atoms with Gasteiger partial charge in [-0.05, 0) is 490 Å². The van der Waals surface area contributed by atoms with E-state index in [0.717, 1.165) is 80.6 Å². The van der Waals surface area contributed by atoms with Gasteiger partial charge >= 0.3 is 0 Å². The first kappa shape index (κ1) is 102. The fourth-order valence-electron chi connectivity index (χ4n) is 24.0. The van der Waals surface area contributed by atoms with Crippen LogP contribution in [0.2, 0.25) is 0 Å². The second kappa shape index (κ2) is 40.9. The summed E-state index contributed by atoms with van der Waals surface area (Å²) in [5.41, 5.74) is 90.4. The highest BCUT2D eigenvalue weighted by molar-refractivity contribution is 5.87. The fraction of sp³-hybridized carbons (Fsp3) is 0.288. The van der Waals surface area contributed by atoms with Crippen LogP contribution in [0.5, 0.6) is 0 Å². The van der Waals surface area contributed by atoms with Crippen LogP contribution in [0.1, 0.15) is 274 Å². The van der Waals surface area contributed by atoms with Gasteiger partial charge in [0.1, 0.15) is 0 Å². The van der Waals surface area contributed by atoms with Crippen LogP contribution < -0.4 is 0 Å². The topological polar surface area (TPSA) is 116 Å². The number of hydrogen-bond acceptors (Lipinski definition) is 9. The van der Waals surface area contributed by atoms with Gasteiger partial charge in [0.2, 0.25) is 0 Å². The molecular formula is C139H143N9. The lowest BCUT2D eigenvalue weighted by Gasteiger charge is -2.11. The third-order valence-corrected chi connectivity index (χ3v) is 34.3. The third-order valence-electron chi connectivity index (χ3n) is 34.3. The number of pyridine rings is 9. The van der Waals surface area contributed by atoms with Crippen molar-refractivity contribution in [3.8, 4) is 101 Å². The van der Waals surface area contributed by atoms with Crippen LogP contribution in [-0.2, 0) is 57.8 Å². The molecule has 0 amide bonds. The van der Waals surface area contributed by atoms with E-state index in [9.17, 15) is 0 Å². The first-order chi connectivity index (χ1) is 70.7. The highest BCUT2D eigenvalue weighted by Gasteiger charge is 2.33. The summed E-state index contributed by atoms with van der Waals surface area (Å²) in [6, 6.07) is 59.5. The van der Waals surface area contributed by atoms with Crippen LogP contribution >= 0.6 is 0 Å². The number of rotatable bonds is 0. The number of aromatic nitrogens is 9. The molecule has 9 aromatic carbocycles. The fourth-order valence-corrected chi connectivity index (χ4v) is 24.0. The van der Waals surface area contributed by atoms with Crippen molar-refractivity contribution in [1.29, 1.82) is 0 Å². The molecule has 9 aliphatic carbocycles. The van der Waals surface area contributed by atoms with Crippen molar-refractivity contribution in [1.82, 2.24) is 44.9 Å². The summed E-state index contributed by atoms with van der Waals surface area (Å²) in [6.07, 6.45) is 19.1. The van der Waals surface area contributed by atoms with Gasteiger partial charge in [-0.3, -0.25) is 44.9 Å². The number of fused-ring (bicyclic) bond motifs is 27. The molecule has 0 saturated heterocycles. The van der Waals surface area contributed by atoms with E-state index in [4.69, 9.17) is 15.0 Å². The van der Waals surface area contributed by atoms with Crippen molar-refractivity contribution in [2.45, 2.75) is 272 Å². The lowest BCUT2D eigenvalue weighted by Crippen LogP contribution is -1.97. The number of aryl methyl sites for hydroxylation is 20. The molecule has 9 aromatic heterocycles. The van der Waals surface area contributed by atoms with E-state index in [2.05, 4.69) is 408 Å². The molecule has 9 nitrogen and oxygen atoms in total. The molecule has 0 saturated carbocycles.